The molecule has 7 nitrogen and oxygen atoms in total. The van der Waals surface area contributed by atoms with Gasteiger partial charge in [-0.1, -0.05) is 0 Å². The molecule has 2 atom stereocenters. The largest absolute Gasteiger partial charge is 0.481 e. The number of carbonyl (C=O) groups excluding carboxylic acids is 1. The molecule has 1 unspecified atom stereocenters. The molecule has 0 aromatic carbocycles. The van der Waals surface area contributed by atoms with E-state index in [4.69, 9.17) is 5.11 Å². The minimum atomic E-state index is -0.811. The Morgan fingerprint density at radius 2 is 2.30 bits per heavy atom. The number of piperidine rings is 1. The van der Waals surface area contributed by atoms with Crippen molar-refractivity contribution >= 4 is 11.9 Å². The van der Waals surface area contributed by atoms with Crippen LogP contribution in [0.3, 0.4) is 0 Å². The third-order valence-electron chi connectivity index (χ3n) is 4.11. The van der Waals surface area contributed by atoms with Gasteiger partial charge in [-0.05, 0) is 12.8 Å². The second-order valence-electron chi connectivity index (χ2n) is 5.43. The maximum atomic E-state index is 12.5. The number of aromatic nitrogens is 2. The van der Waals surface area contributed by atoms with E-state index in [9.17, 15) is 9.59 Å². The van der Waals surface area contributed by atoms with Gasteiger partial charge in [0.2, 0.25) is 5.91 Å². The van der Waals surface area contributed by atoms with Crippen LogP contribution >= 0.6 is 0 Å². The zero-order valence-electron chi connectivity index (χ0n) is 11.1. The van der Waals surface area contributed by atoms with E-state index in [1.807, 2.05) is 0 Å². The topological polar surface area (TPSA) is 98.3 Å². The van der Waals surface area contributed by atoms with E-state index in [2.05, 4.69) is 15.3 Å². The highest BCUT2D eigenvalue weighted by Gasteiger charge is 2.33. The molecule has 1 saturated heterocycles. The van der Waals surface area contributed by atoms with Crippen molar-refractivity contribution in [2.24, 2.45) is 5.92 Å². The van der Waals surface area contributed by atoms with Gasteiger partial charge in [-0.2, -0.15) is 0 Å². The Labute approximate surface area is 116 Å². The maximum Gasteiger partial charge on any atom is 0.308 e. The predicted octanol–water partition coefficient (Wildman–Crippen LogP) is -0.253. The quantitative estimate of drug-likeness (QED) is 0.693. The molecule has 108 valence electrons. The number of H-pyrrole nitrogens is 1. The van der Waals surface area contributed by atoms with Crippen molar-refractivity contribution in [3.05, 3.63) is 17.7 Å². The number of hydrogen-bond donors (Lipinski definition) is 3. The number of fused-ring (bicyclic) bond motifs is 1. The fraction of sp³-hybridized carbons (Fsp3) is 0.615. The summed E-state index contributed by atoms with van der Waals surface area (Å²) in [7, 11) is 0. The minimum absolute atomic E-state index is 0.00963. The number of imidazole rings is 1. The van der Waals surface area contributed by atoms with Crippen LogP contribution in [0.4, 0.5) is 0 Å². The average Bonchev–Trinajstić information content (AvgIpc) is 2.94. The van der Waals surface area contributed by atoms with Crippen LogP contribution in [0.1, 0.15) is 24.2 Å². The molecule has 1 fully saturated rings. The molecule has 2 aliphatic rings. The fourth-order valence-electron chi connectivity index (χ4n) is 2.94. The smallest absolute Gasteiger partial charge is 0.308 e. The summed E-state index contributed by atoms with van der Waals surface area (Å²) in [5.74, 6) is -1.25. The first-order valence-corrected chi connectivity index (χ1v) is 6.91. The van der Waals surface area contributed by atoms with Crippen molar-refractivity contribution < 1.29 is 14.7 Å². The van der Waals surface area contributed by atoms with Crippen molar-refractivity contribution in [3.63, 3.8) is 0 Å². The normalized spacial score (nSPS) is 26.1. The number of aromatic amines is 1. The number of amides is 1. The van der Waals surface area contributed by atoms with E-state index in [1.165, 1.54) is 0 Å². The van der Waals surface area contributed by atoms with Gasteiger partial charge >= 0.3 is 5.97 Å². The minimum Gasteiger partial charge on any atom is -0.481 e. The van der Waals surface area contributed by atoms with Crippen LogP contribution in [0.15, 0.2) is 6.33 Å². The van der Waals surface area contributed by atoms with Gasteiger partial charge in [-0.3, -0.25) is 14.9 Å². The molecule has 0 saturated carbocycles. The lowest BCUT2D eigenvalue weighted by molar-refractivity contribution is -0.146. The van der Waals surface area contributed by atoms with Gasteiger partial charge in [-0.25, -0.2) is 4.98 Å². The summed E-state index contributed by atoms with van der Waals surface area (Å²) in [5, 5.41) is 12.3. The number of carboxylic acids is 1. The second-order valence-corrected chi connectivity index (χ2v) is 5.43. The van der Waals surface area contributed by atoms with Crippen molar-refractivity contribution in [2.75, 3.05) is 13.1 Å². The van der Waals surface area contributed by atoms with Gasteiger partial charge < -0.3 is 15.0 Å². The molecule has 1 aromatic heterocycles. The predicted molar refractivity (Wildman–Crippen MR) is 69.9 cm³/mol. The zero-order valence-corrected chi connectivity index (χ0v) is 11.1. The first-order chi connectivity index (χ1) is 9.65. The maximum absolute atomic E-state index is 12.5. The molecular formula is C13H18N4O3. The summed E-state index contributed by atoms with van der Waals surface area (Å²) in [6, 6.07) is -0.293. The Morgan fingerprint density at radius 3 is 3.10 bits per heavy atom. The van der Waals surface area contributed by atoms with E-state index in [0.29, 0.717) is 32.5 Å². The molecule has 1 aromatic rings. The van der Waals surface area contributed by atoms with Gasteiger partial charge in [-0.15, -0.1) is 0 Å². The van der Waals surface area contributed by atoms with E-state index < -0.39 is 11.9 Å². The highest BCUT2D eigenvalue weighted by molar-refractivity contribution is 5.83. The number of nitrogens with one attached hydrogen (secondary N) is 2. The van der Waals surface area contributed by atoms with Crippen LogP contribution in [-0.2, 0) is 22.6 Å². The van der Waals surface area contributed by atoms with E-state index >= 15 is 0 Å². The van der Waals surface area contributed by atoms with Crippen molar-refractivity contribution in [3.8, 4) is 0 Å². The lowest BCUT2D eigenvalue weighted by Gasteiger charge is -2.34. The molecule has 0 radical (unpaired) electrons. The zero-order chi connectivity index (χ0) is 14.1. The summed E-state index contributed by atoms with van der Waals surface area (Å²) >= 11 is 0. The van der Waals surface area contributed by atoms with E-state index in [-0.39, 0.29) is 11.9 Å². The van der Waals surface area contributed by atoms with Gasteiger partial charge in [0.15, 0.2) is 0 Å². The number of carboxylic acid groups (broad SMARTS) is 1. The number of aliphatic carboxylic acids is 1. The summed E-state index contributed by atoms with van der Waals surface area (Å²) in [5.41, 5.74) is 1.95. The van der Waals surface area contributed by atoms with Crippen LogP contribution in [0.25, 0.3) is 0 Å². The van der Waals surface area contributed by atoms with Crippen LogP contribution in [-0.4, -0.2) is 51.0 Å². The Bertz CT molecular complexity index is 527. The Morgan fingerprint density at radius 1 is 1.45 bits per heavy atom. The molecular weight excluding hydrogens is 260 g/mol. The number of rotatable bonds is 2. The molecule has 3 heterocycles. The van der Waals surface area contributed by atoms with Crippen LogP contribution in [0.2, 0.25) is 0 Å². The number of carbonyl (C=O) groups is 2. The van der Waals surface area contributed by atoms with Crippen LogP contribution in [0, 0.1) is 5.92 Å². The van der Waals surface area contributed by atoms with Gasteiger partial charge in [0, 0.05) is 26.1 Å². The summed E-state index contributed by atoms with van der Waals surface area (Å²) in [6.07, 6.45) is 3.61. The Kier molecular flexibility index (Phi) is 3.43. The highest BCUT2D eigenvalue weighted by Crippen LogP contribution is 2.20. The first kappa shape index (κ1) is 13.1. The molecule has 2 aliphatic heterocycles. The van der Waals surface area contributed by atoms with Gasteiger partial charge in [0.1, 0.15) is 0 Å². The number of hydrogen-bond acceptors (Lipinski definition) is 4. The molecule has 1 amide bonds. The lowest BCUT2D eigenvalue weighted by atomic mass is 9.96. The average molecular weight is 278 g/mol. The van der Waals surface area contributed by atoms with Gasteiger partial charge in [0.05, 0.1) is 29.7 Å². The van der Waals surface area contributed by atoms with Crippen LogP contribution in [0.5, 0.6) is 0 Å². The van der Waals surface area contributed by atoms with E-state index in [0.717, 1.165) is 17.8 Å². The molecule has 3 N–H and O–H groups in total. The monoisotopic (exact) mass is 278 g/mol. The second kappa shape index (κ2) is 5.24. The van der Waals surface area contributed by atoms with Crippen molar-refractivity contribution in [1.29, 1.82) is 0 Å². The number of nitrogens with zero attached hydrogens (tertiary/aromatic N) is 2. The number of likely N-dealkylation sites (tertiary alicyclic amines) is 1. The third-order valence-corrected chi connectivity index (χ3v) is 4.11. The summed E-state index contributed by atoms with van der Waals surface area (Å²) in [4.78, 5) is 32.5. The summed E-state index contributed by atoms with van der Waals surface area (Å²) in [6.45, 7) is 1.57. The van der Waals surface area contributed by atoms with Crippen molar-refractivity contribution in [2.45, 2.75) is 31.8 Å². The Balaban J connectivity index is 1.66. The third kappa shape index (κ3) is 2.40. The molecule has 3 rings (SSSR count). The summed E-state index contributed by atoms with van der Waals surface area (Å²) < 4.78 is 0. The molecule has 0 bridgehead atoms. The highest BCUT2D eigenvalue weighted by atomic mass is 16.4. The first-order valence-electron chi connectivity index (χ1n) is 6.91. The molecule has 7 heteroatoms. The molecule has 0 aliphatic carbocycles. The fourth-order valence-corrected chi connectivity index (χ4v) is 2.94. The van der Waals surface area contributed by atoms with Gasteiger partial charge in [0.25, 0.3) is 0 Å². The SMILES string of the molecule is O=C(O)[C@@H]1CCCN(C(=O)C2Cc3nc[nH]c3CN2)C1. The standard InChI is InChI=1S/C13H18N4O3/c18-12(17-3-1-2-8(6-17)13(19)20)10-4-9-11(5-14-10)16-7-15-9/h7-8,10,14H,1-6H2,(H,15,16)(H,19,20)/t8-,10?/m1/s1. The lowest BCUT2D eigenvalue weighted by Crippen LogP contribution is -2.52. The molecule has 20 heavy (non-hydrogen) atoms. The van der Waals surface area contributed by atoms with Crippen molar-refractivity contribution in [1.82, 2.24) is 20.2 Å². The van der Waals surface area contributed by atoms with E-state index in [1.54, 1.807) is 11.2 Å². The molecule has 0 spiro atoms. The Hall–Kier alpha value is -1.89. The van der Waals surface area contributed by atoms with Crippen LogP contribution < -0.4 is 5.32 Å².